The Morgan fingerprint density at radius 2 is 1.96 bits per heavy atom. The van der Waals surface area contributed by atoms with Gasteiger partial charge in [0.1, 0.15) is 11.5 Å². The van der Waals surface area contributed by atoms with Gasteiger partial charge in [-0.2, -0.15) is 0 Å². The molecule has 4 N–H and O–H groups in total. The maximum atomic E-state index is 12.3. The number of carbonyl (C=O) groups excluding carboxylic acids is 2. The van der Waals surface area contributed by atoms with Crippen LogP contribution in [0.1, 0.15) is 34.1 Å². The summed E-state index contributed by atoms with van der Waals surface area (Å²) < 4.78 is 0. The minimum atomic E-state index is -1.80. The first-order valence-electron chi connectivity index (χ1n) is 8.16. The Hall–Kier alpha value is -2.71. The number of amides is 1. The van der Waals surface area contributed by atoms with Gasteiger partial charge in [0, 0.05) is 18.3 Å². The Kier molecular flexibility index (Phi) is 6.49. The number of hydrogen-bond acceptors (Lipinski definition) is 6. The SMILES string of the molecule is CC(=O)Cc1ccc(C(=O)N[C@@H](Cc2cccc(C)c2O)B(O)O)cn1. The molecular weight excluding hydrogens is 335 g/mol. The van der Waals surface area contributed by atoms with Crippen LogP contribution in [-0.4, -0.2) is 44.9 Å². The number of ketones is 1. The number of hydrogen-bond donors (Lipinski definition) is 4. The lowest BCUT2D eigenvalue weighted by Gasteiger charge is -2.19. The molecule has 0 saturated heterocycles. The number of Topliss-reactive ketones (excluding diaryl/α,β-unsaturated/α-hetero) is 1. The van der Waals surface area contributed by atoms with E-state index in [-0.39, 0.29) is 29.9 Å². The number of aryl methyl sites for hydroxylation is 1. The van der Waals surface area contributed by atoms with Crippen LogP contribution in [0, 0.1) is 6.92 Å². The number of rotatable bonds is 7. The van der Waals surface area contributed by atoms with E-state index >= 15 is 0 Å². The number of aromatic nitrogens is 1. The number of nitrogens with zero attached hydrogens (tertiary/aromatic N) is 1. The van der Waals surface area contributed by atoms with Gasteiger partial charge in [-0.1, -0.05) is 18.2 Å². The average molecular weight is 356 g/mol. The molecule has 136 valence electrons. The molecule has 0 saturated carbocycles. The van der Waals surface area contributed by atoms with Crippen molar-refractivity contribution >= 4 is 18.8 Å². The zero-order chi connectivity index (χ0) is 19.3. The highest BCUT2D eigenvalue weighted by molar-refractivity contribution is 6.43. The smallest absolute Gasteiger partial charge is 0.475 e. The Morgan fingerprint density at radius 1 is 1.23 bits per heavy atom. The molecule has 7 nitrogen and oxygen atoms in total. The largest absolute Gasteiger partial charge is 0.507 e. The standard InChI is InChI=1S/C18H21BN2O5/c1-11-4-3-5-13(17(11)23)9-16(19(25)26)21-18(24)14-6-7-15(20-10-14)8-12(2)22/h3-7,10,16,23,25-26H,8-9H2,1-2H3,(H,21,24)/t16-/m0/s1. The zero-order valence-electron chi connectivity index (χ0n) is 14.6. The Morgan fingerprint density at radius 3 is 2.54 bits per heavy atom. The quantitative estimate of drug-likeness (QED) is 0.539. The predicted molar refractivity (Wildman–Crippen MR) is 96.6 cm³/mol. The van der Waals surface area contributed by atoms with Crippen molar-refractivity contribution in [1.29, 1.82) is 0 Å². The summed E-state index contributed by atoms with van der Waals surface area (Å²) in [5, 5.41) is 31.8. The van der Waals surface area contributed by atoms with Crippen LogP contribution >= 0.6 is 0 Å². The number of phenolic OH excluding ortho intramolecular Hbond substituents is 1. The number of benzene rings is 1. The predicted octanol–water partition coefficient (Wildman–Crippen LogP) is 0.580. The summed E-state index contributed by atoms with van der Waals surface area (Å²) in [5.41, 5.74) is 1.94. The monoisotopic (exact) mass is 356 g/mol. The molecule has 1 aromatic heterocycles. The molecule has 0 aliphatic heterocycles. The summed E-state index contributed by atoms with van der Waals surface area (Å²) in [6.45, 7) is 3.19. The highest BCUT2D eigenvalue weighted by atomic mass is 16.4. The Bertz CT molecular complexity index is 793. The van der Waals surface area contributed by atoms with Gasteiger partial charge in [-0.3, -0.25) is 14.6 Å². The second-order valence-electron chi connectivity index (χ2n) is 6.20. The summed E-state index contributed by atoms with van der Waals surface area (Å²) >= 11 is 0. The number of phenols is 1. The molecule has 26 heavy (non-hydrogen) atoms. The van der Waals surface area contributed by atoms with Gasteiger partial charge < -0.3 is 20.5 Å². The second-order valence-corrected chi connectivity index (χ2v) is 6.20. The fourth-order valence-corrected chi connectivity index (χ4v) is 2.52. The number of carbonyl (C=O) groups is 2. The molecule has 1 atom stereocenters. The fourth-order valence-electron chi connectivity index (χ4n) is 2.52. The van der Waals surface area contributed by atoms with Gasteiger partial charge in [-0.15, -0.1) is 0 Å². The van der Waals surface area contributed by atoms with Crippen molar-refractivity contribution in [1.82, 2.24) is 10.3 Å². The van der Waals surface area contributed by atoms with Crippen molar-refractivity contribution in [2.45, 2.75) is 32.6 Å². The highest BCUT2D eigenvalue weighted by Crippen LogP contribution is 2.23. The average Bonchev–Trinajstić information content (AvgIpc) is 2.58. The molecule has 8 heteroatoms. The van der Waals surface area contributed by atoms with Gasteiger partial charge in [0.2, 0.25) is 0 Å². The number of aromatic hydroxyl groups is 1. The molecule has 0 fully saturated rings. The molecule has 1 heterocycles. The van der Waals surface area contributed by atoms with Crippen molar-refractivity contribution in [2.75, 3.05) is 0 Å². The molecule has 0 unspecified atom stereocenters. The van der Waals surface area contributed by atoms with E-state index in [9.17, 15) is 24.7 Å². The molecule has 0 bridgehead atoms. The van der Waals surface area contributed by atoms with Crippen LogP contribution in [0.2, 0.25) is 0 Å². The van der Waals surface area contributed by atoms with Crippen LogP contribution in [0.4, 0.5) is 0 Å². The molecule has 2 aromatic rings. The van der Waals surface area contributed by atoms with E-state index in [0.29, 0.717) is 16.8 Å². The Balaban J connectivity index is 2.10. The maximum absolute atomic E-state index is 12.3. The highest BCUT2D eigenvalue weighted by Gasteiger charge is 2.27. The number of para-hydroxylation sites is 1. The third-order valence-corrected chi connectivity index (χ3v) is 3.95. The van der Waals surface area contributed by atoms with Crippen molar-refractivity contribution in [2.24, 2.45) is 0 Å². The molecule has 2 rings (SSSR count). The van der Waals surface area contributed by atoms with Crippen LogP contribution in [0.15, 0.2) is 36.5 Å². The fraction of sp³-hybridized carbons (Fsp3) is 0.278. The number of pyridine rings is 1. The van der Waals surface area contributed by atoms with E-state index in [2.05, 4.69) is 10.3 Å². The summed E-state index contributed by atoms with van der Waals surface area (Å²) in [4.78, 5) is 27.5. The van der Waals surface area contributed by atoms with E-state index < -0.39 is 19.0 Å². The van der Waals surface area contributed by atoms with Gasteiger partial charge in [0.25, 0.3) is 5.91 Å². The minimum absolute atomic E-state index is 0.0314. The normalized spacial score (nSPS) is 11.7. The van der Waals surface area contributed by atoms with Crippen molar-refractivity contribution in [3.63, 3.8) is 0 Å². The number of nitrogens with one attached hydrogen (secondary N) is 1. The van der Waals surface area contributed by atoms with Gasteiger partial charge in [0.05, 0.1) is 11.5 Å². The van der Waals surface area contributed by atoms with Crippen LogP contribution in [0.3, 0.4) is 0 Å². The van der Waals surface area contributed by atoms with Crippen molar-refractivity contribution in [3.05, 3.63) is 58.9 Å². The molecule has 0 aliphatic carbocycles. The summed E-state index contributed by atoms with van der Waals surface area (Å²) in [7, 11) is -1.80. The topological polar surface area (TPSA) is 120 Å². The van der Waals surface area contributed by atoms with Crippen molar-refractivity contribution < 1.29 is 24.7 Å². The molecule has 0 spiro atoms. The summed E-state index contributed by atoms with van der Waals surface area (Å²) in [6, 6.07) is 8.22. The van der Waals surface area contributed by atoms with Crippen molar-refractivity contribution in [3.8, 4) is 5.75 Å². The van der Waals surface area contributed by atoms with E-state index in [0.717, 1.165) is 0 Å². The molecule has 1 amide bonds. The van der Waals surface area contributed by atoms with E-state index in [1.165, 1.54) is 19.2 Å². The second kappa shape index (κ2) is 8.60. The molecule has 0 radical (unpaired) electrons. The first kappa shape index (κ1) is 19.6. The Labute approximate surface area is 151 Å². The minimum Gasteiger partial charge on any atom is -0.507 e. The van der Waals surface area contributed by atoms with Crippen LogP contribution in [0.25, 0.3) is 0 Å². The van der Waals surface area contributed by atoms with Crippen LogP contribution < -0.4 is 5.32 Å². The van der Waals surface area contributed by atoms with Crippen LogP contribution in [-0.2, 0) is 17.6 Å². The lowest BCUT2D eigenvalue weighted by Crippen LogP contribution is -2.47. The maximum Gasteiger partial charge on any atom is 0.475 e. The molecule has 0 aliphatic rings. The van der Waals surface area contributed by atoms with Gasteiger partial charge in [-0.05, 0) is 43.5 Å². The molecule has 1 aromatic carbocycles. The van der Waals surface area contributed by atoms with E-state index in [1.807, 2.05) is 0 Å². The van der Waals surface area contributed by atoms with Crippen LogP contribution in [0.5, 0.6) is 5.75 Å². The first-order valence-corrected chi connectivity index (χ1v) is 8.16. The van der Waals surface area contributed by atoms with E-state index in [4.69, 9.17) is 0 Å². The lowest BCUT2D eigenvalue weighted by molar-refractivity contribution is -0.116. The van der Waals surface area contributed by atoms with Gasteiger partial charge in [0.15, 0.2) is 0 Å². The summed E-state index contributed by atoms with van der Waals surface area (Å²) in [6.07, 6.45) is 1.57. The third-order valence-electron chi connectivity index (χ3n) is 3.95. The lowest BCUT2D eigenvalue weighted by atomic mass is 9.75. The van der Waals surface area contributed by atoms with Gasteiger partial charge in [-0.25, -0.2) is 0 Å². The van der Waals surface area contributed by atoms with Gasteiger partial charge >= 0.3 is 7.12 Å². The first-order chi connectivity index (χ1) is 12.3. The molecular formula is C18H21BN2O5. The third kappa shape index (κ3) is 5.14. The summed E-state index contributed by atoms with van der Waals surface area (Å²) in [5.74, 6) is -1.51. The zero-order valence-corrected chi connectivity index (χ0v) is 14.6. The van der Waals surface area contributed by atoms with E-state index in [1.54, 1.807) is 31.2 Å².